The number of rotatable bonds is 6. The quantitative estimate of drug-likeness (QED) is 0.864. The molecular formula is C14H20F3NO. The van der Waals surface area contributed by atoms with Crippen molar-refractivity contribution in [2.45, 2.75) is 32.9 Å². The maximum absolute atomic E-state index is 12.6. The van der Waals surface area contributed by atoms with E-state index in [1.165, 1.54) is 0 Å². The molecule has 1 atom stereocenters. The molecule has 2 N–H and O–H groups in total. The molecule has 2 nitrogen and oxygen atoms in total. The molecule has 5 heteroatoms. The topological polar surface area (TPSA) is 35.2 Å². The number of hydrogen-bond donors (Lipinski definition) is 1. The Morgan fingerprint density at radius 1 is 1.21 bits per heavy atom. The van der Waals surface area contributed by atoms with Crippen molar-refractivity contribution in [3.63, 3.8) is 0 Å². The highest BCUT2D eigenvalue weighted by Gasteiger charge is 2.39. The molecule has 0 aliphatic rings. The molecule has 1 unspecified atom stereocenters. The highest BCUT2D eigenvalue weighted by Crippen LogP contribution is 2.28. The molecule has 0 bridgehead atoms. The second kappa shape index (κ2) is 6.80. The molecule has 1 rings (SSSR count). The second-order valence-corrected chi connectivity index (χ2v) is 4.39. The molecule has 1 aromatic rings. The summed E-state index contributed by atoms with van der Waals surface area (Å²) in [6.45, 7) is 3.08. The van der Waals surface area contributed by atoms with Crippen molar-refractivity contribution in [3.05, 3.63) is 29.3 Å². The highest BCUT2D eigenvalue weighted by atomic mass is 19.4. The number of aryl methyl sites for hydroxylation is 1. The van der Waals surface area contributed by atoms with Crippen LogP contribution in [0.5, 0.6) is 5.75 Å². The van der Waals surface area contributed by atoms with Crippen LogP contribution in [0.25, 0.3) is 0 Å². The van der Waals surface area contributed by atoms with Gasteiger partial charge in [-0.25, -0.2) is 0 Å². The normalized spacial score (nSPS) is 13.4. The van der Waals surface area contributed by atoms with E-state index >= 15 is 0 Å². The molecule has 0 saturated carbocycles. The Kier molecular flexibility index (Phi) is 5.66. The van der Waals surface area contributed by atoms with E-state index in [4.69, 9.17) is 10.5 Å². The summed E-state index contributed by atoms with van der Waals surface area (Å²) in [7, 11) is 0. The Labute approximate surface area is 111 Å². The molecule has 0 saturated heterocycles. The Balaban J connectivity index is 2.83. The Bertz CT molecular complexity index is 404. The van der Waals surface area contributed by atoms with E-state index in [2.05, 4.69) is 0 Å². The zero-order valence-corrected chi connectivity index (χ0v) is 11.3. The van der Waals surface area contributed by atoms with Crippen LogP contribution >= 0.6 is 0 Å². The van der Waals surface area contributed by atoms with E-state index in [-0.39, 0.29) is 0 Å². The van der Waals surface area contributed by atoms with Crippen LogP contribution in [0.4, 0.5) is 13.2 Å². The summed E-state index contributed by atoms with van der Waals surface area (Å²) in [5.41, 5.74) is 7.23. The minimum absolute atomic E-state index is 0.430. The Morgan fingerprint density at radius 2 is 1.89 bits per heavy atom. The van der Waals surface area contributed by atoms with Gasteiger partial charge in [-0.2, -0.15) is 13.2 Å². The summed E-state index contributed by atoms with van der Waals surface area (Å²) in [5.74, 6) is -1.09. The van der Waals surface area contributed by atoms with Gasteiger partial charge in [-0.05, 0) is 30.0 Å². The third-order valence-corrected chi connectivity index (χ3v) is 3.15. The predicted molar refractivity (Wildman–Crippen MR) is 69.3 cm³/mol. The van der Waals surface area contributed by atoms with Crippen molar-refractivity contribution in [1.82, 2.24) is 0 Å². The highest BCUT2D eigenvalue weighted by molar-refractivity contribution is 5.40. The van der Waals surface area contributed by atoms with Gasteiger partial charge in [0, 0.05) is 6.54 Å². The minimum atomic E-state index is -4.32. The third-order valence-electron chi connectivity index (χ3n) is 3.15. The van der Waals surface area contributed by atoms with Crippen molar-refractivity contribution in [2.75, 3.05) is 13.2 Å². The summed E-state index contributed by atoms with van der Waals surface area (Å²) < 4.78 is 43.1. The molecule has 108 valence electrons. The first-order chi connectivity index (χ1) is 8.93. The number of ether oxygens (including phenoxy) is 1. The first-order valence-corrected chi connectivity index (χ1v) is 6.44. The lowest BCUT2D eigenvalue weighted by Gasteiger charge is -2.20. The summed E-state index contributed by atoms with van der Waals surface area (Å²) in [6.07, 6.45) is -2.75. The van der Waals surface area contributed by atoms with Gasteiger partial charge < -0.3 is 10.5 Å². The van der Waals surface area contributed by atoms with Gasteiger partial charge in [-0.15, -0.1) is 0 Å². The van der Waals surface area contributed by atoms with Crippen LogP contribution in [-0.2, 0) is 12.8 Å². The summed E-state index contributed by atoms with van der Waals surface area (Å²) in [4.78, 5) is 0. The molecule has 1 aromatic carbocycles. The van der Waals surface area contributed by atoms with Crippen LogP contribution in [0.3, 0.4) is 0 Å². The van der Waals surface area contributed by atoms with E-state index in [0.29, 0.717) is 5.75 Å². The van der Waals surface area contributed by atoms with Crippen LogP contribution in [0.15, 0.2) is 18.2 Å². The Hall–Kier alpha value is -1.23. The molecule has 19 heavy (non-hydrogen) atoms. The first-order valence-electron chi connectivity index (χ1n) is 6.44. The number of alkyl halides is 3. The lowest BCUT2D eigenvalue weighted by Crippen LogP contribution is -2.35. The average molecular weight is 275 g/mol. The molecule has 0 aliphatic carbocycles. The number of halogens is 3. The van der Waals surface area contributed by atoms with E-state index in [0.717, 1.165) is 24.0 Å². The lowest BCUT2D eigenvalue weighted by atomic mass is 10.0. The fourth-order valence-electron chi connectivity index (χ4n) is 1.97. The second-order valence-electron chi connectivity index (χ2n) is 4.39. The van der Waals surface area contributed by atoms with Gasteiger partial charge in [-0.1, -0.05) is 26.0 Å². The molecular weight excluding hydrogens is 255 g/mol. The van der Waals surface area contributed by atoms with Gasteiger partial charge in [0.05, 0.1) is 0 Å². The number of benzene rings is 1. The maximum Gasteiger partial charge on any atom is 0.396 e. The van der Waals surface area contributed by atoms with Gasteiger partial charge >= 0.3 is 6.18 Å². The molecule has 0 spiro atoms. The van der Waals surface area contributed by atoms with Crippen LogP contribution in [0.2, 0.25) is 0 Å². The first kappa shape index (κ1) is 15.8. The van der Waals surface area contributed by atoms with E-state index < -0.39 is 25.2 Å². The molecule has 0 aromatic heterocycles. The summed E-state index contributed by atoms with van der Waals surface area (Å²) >= 11 is 0. The van der Waals surface area contributed by atoms with Gasteiger partial charge in [-0.3, -0.25) is 0 Å². The monoisotopic (exact) mass is 275 g/mol. The average Bonchev–Trinajstić information content (AvgIpc) is 2.37. The van der Waals surface area contributed by atoms with Crippen LogP contribution in [0.1, 0.15) is 25.0 Å². The largest absolute Gasteiger partial charge is 0.493 e. The van der Waals surface area contributed by atoms with Gasteiger partial charge in [0.15, 0.2) is 0 Å². The van der Waals surface area contributed by atoms with Crippen LogP contribution in [-0.4, -0.2) is 19.3 Å². The van der Waals surface area contributed by atoms with Crippen LogP contribution < -0.4 is 10.5 Å². The zero-order chi connectivity index (χ0) is 14.5. The summed E-state index contributed by atoms with van der Waals surface area (Å²) in [6, 6.07) is 5.48. The maximum atomic E-state index is 12.6. The van der Waals surface area contributed by atoms with Crippen molar-refractivity contribution >= 4 is 0 Å². The Morgan fingerprint density at radius 3 is 2.37 bits per heavy atom. The van der Waals surface area contributed by atoms with Gasteiger partial charge in [0.25, 0.3) is 0 Å². The van der Waals surface area contributed by atoms with E-state index in [9.17, 15) is 13.2 Å². The van der Waals surface area contributed by atoms with Gasteiger partial charge in [0.2, 0.25) is 0 Å². The number of nitrogens with two attached hydrogens (primary N) is 1. The fourth-order valence-corrected chi connectivity index (χ4v) is 1.97. The molecule has 0 radical (unpaired) electrons. The van der Waals surface area contributed by atoms with Gasteiger partial charge in [0.1, 0.15) is 18.3 Å². The van der Waals surface area contributed by atoms with Crippen molar-refractivity contribution < 1.29 is 17.9 Å². The molecule has 0 amide bonds. The van der Waals surface area contributed by atoms with Crippen molar-refractivity contribution in [2.24, 2.45) is 11.7 Å². The smallest absolute Gasteiger partial charge is 0.396 e. The standard InChI is InChI=1S/C14H20F3NO/c1-3-10-6-5-7-13(12(10)4-2)19-9-11(8-18)14(15,16)17/h5-7,11H,3-4,8-9,18H2,1-2H3. The van der Waals surface area contributed by atoms with Crippen LogP contribution in [0, 0.1) is 5.92 Å². The molecule has 0 heterocycles. The van der Waals surface area contributed by atoms with E-state index in [1.807, 2.05) is 19.9 Å². The minimum Gasteiger partial charge on any atom is -0.493 e. The number of hydrogen-bond acceptors (Lipinski definition) is 2. The van der Waals surface area contributed by atoms with E-state index in [1.54, 1.807) is 12.1 Å². The fraction of sp³-hybridized carbons (Fsp3) is 0.571. The molecule has 0 aliphatic heterocycles. The predicted octanol–water partition coefficient (Wildman–Crippen LogP) is 3.33. The van der Waals surface area contributed by atoms with Crippen molar-refractivity contribution in [3.8, 4) is 5.75 Å². The SMILES string of the molecule is CCc1cccc(OCC(CN)C(F)(F)F)c1CC. The third kappa shape index (κ3) is 4.13. The lowest BCUT2D eigenvalue weighted by molar-refractivity contribution is -0.178. The van der Waals surface area contributed by atoms with Crippen molar-refractivity contribution in [1.29, 1.82) is 0 Å². The molecule has 0 fully saturated rings. The summed E-state index contributed by atoms with van der Waals surface area (Å²) in [5, 5.41) is 0. The zero-order valence-electron chi connectivity index (χ0n) is 11.3.